The van der Waals surface area contributed by atoms with Gasteiger partial charge in [0.2, 0.25) is 10.0 Å². The number of hydrogen-bond acceptors (Lipinski definition) is 3. The Kier molecular flexibility index (Phi) is 6.23. The molecule has 0 heterocycles. The summed E-state index contributed by atoms with van der Waals surface area (Å²) < 4.78 is 27.2. The van der Waals surface area contributed by atoms with Gasteiger partial charge >= 0.3 is 0 Å². The molecule has 0 aliphatic rings. The Morgan fingerprint density at radius 2 is 1.71 bits per heavy atom. The summed E-state index contributed by atoms with van der Waals surface area (Å²) in [5, 5.41) is 3.23. The molecule has 0 aromatic heterocycles. The van der Waals surface area contributed by atoms with Gasteiger partial charge in [0.1, 0.15) is 0 Å². The van der Waals surface area contributed by atoms with Crippen molar-refractivity contribution in [1.82, 2.24) is 4.31 Å². The zero-order chi connectivity index (χ0) is 16.2. The lowest BCUT2D eigenvalue weighted by atomic mass is 10.1. The fraction of sp³-hybridized carbons (Fsp3) is 0.625. The smallest absolute Gasteiger partial charge is 0.243 e. The molecule has 1 unspecified atom stereocenters. The van der Waals surface area contributed by atoms with E-state index in [2.05, 4.69) is 12.2 Å². The summed E-state index contributed by atoms with van der Waals surface area (Å²) in [6.07, 6.45) is 1.83. The highest BCUT2D eigenvalue weighted by Gasteiger charge is 2.28. The second-order valence-corrected chi connectivity index (χ2v) is 7.56. The molecule has 1 atom stereocenters. The van der Waals surface area contributed by atoms with Crippen LogP contribution in [0.25, 0.3) is 0 Å². The van der Waals surface area contributed by atoms with Crippen molar-refractivity contribution in [2.75, 3.05) is 18.9 Å². The van der Waals surface area contributed by atoms with Gasteiger partial charge < -0.3 is 5.32 Å². The van der Waals surface area contributed by atoms with E-state index in [9.17, 15) is 8.42 Å². The molecule has 0 saturated carbocycles. The van der Waals surface area contributed by atoms with Gasteiger partial charge in [-0.25, -0.2) is 8.42 Å². The third-order valence-corrected chi connectivity index (χ3v) is 6.08. The van der Waals surface area contributed by atoms with Gasteiger partial charge in [0.15, 0.2) is 0 Å². The molecule has 0 fully saturated rings. The molecule has 1 rings (SSSR count). The fourth-order valence-corrected chi connectivity index (χ4v) is 4.44. The molecule has 1 N–H and O–H groups in total. The summed E-state index contributed by atoms with van der Waals surface area (Å²) in [6.45, 7) is 10.6. The lowest BCUT2D eigenvalue weighted by molar-refractivity contribution is 0.368. The summed E-state index contributed by atoms with van der Waals surface area (Å²) in [4.78, 5) is 0.439. The summed E-state index contributed by atoms with van der Waals surface area (Å²) in [5.41, 5.74) is 2.55. The van der Waals surface area contributed by atoms with E-state index in [1.165, 1.54) is 4.31 Å². The van der Waals surface area contributed by atoms with E-state index in [4.69, 9.17) is 0 Å². The van der Waals surface area contributed by atoms with E-state index in [0.29, 0.717) is 4.90 Å². The van der Waals surface area contributed by atoms with E-state index >= 15 is 0 Å². The van der Waals surface area contributed by atoms with E-state index < -0.39 is 10.0 Å². The molecule has 4 nitrogen and oxygen atoms in total. The zero-order valence-electron chi connectivity index (χ0n) is 14.0. The zero-order valence-corrected chi connectivity index (χ0v) is 14.8. The minimum atomic E-state index is -3.45. The van der Waals surface area contributed by atoms with E-state index in [0.717, 1.165) is 36.2 Å². The molecule has 0 bridgehead atoms. The Bertz CT molecular complexity index is 559. The van der Waals surface area contributed by atoms with E-state index in [1.807, 2.05) is 39.8 Å². The third-order valence-electron chi connectivity index (χ3n) is 3.81. The highest BCUT2D eigenvalue weighted by atomic mass is 32.2. The summed E-state index contributed by atoms with van der Waals surface area (Å²) in [7, 11) is -1.77. The molecule has 0 amide bonds. The molecular weight excluding hydrogens is 284 g/mol. The normalized spacial score (nSPS) is 13.5. The van der Waals surface area contributed by atoms with Crippen LogP contribution in [0.2, 0.25) is 0 Å². The molecule has 0 aliphatic carbocycles. The van der Waals surface area contributed by atoms with Crippen LogP contribution in [0.3, 0.4) is 0 Å². The van der Waals surface area contributed by atoms with Gasteiger partial charge in [-0.15, -0.1) is 0 Å². The Morgan fingerprint density at radius 1 is 1.19 bits per heavy atom. The van der Waals surface area contributed by atoms with Crippen LogP contribution in [0, 0.1) is 13.8 Å². The molecule has 21 heavy (non-hydrogen) atoms. The lowest BCUT2D eigenvalue weighted by Gasteiger charge is -2.26. The van der Waals surface area contributed by atoms with Crippen molar-refractivity contribution >= 4 is 15.7 Å². The molecule has 1 aromatic carbocycles. The van der Waals surface area contributed by atoms with Crippen LogP contribution in [-0.4, -0.2) is 32.4 Å². The summed E-state index contributed by atoms with van der Waals surface area (Å²) in [5.74, 6) is 0. The van der Waals surface area contributed by atoms with Crippen molar-refractivity contribution in [3.63, 3.8) is 0 Å². The molecule has 5 heteroatoms. The maximum absolute atomic E-state index is 12.9. The average molecular weight is 312 g/mol. The van der Waals surface area contributed by atoms with Crippen molar-refractivity contribution in [2.45, 2.75) is 58.4 Å². The molecule has 0 radical (unpaired) electrons. The lowest BCUT2D eigenvalue weighted by Crippen LogP contribution is -2.35. The first-order valence-corrected chi connectivity index (χ1v) is 9.02. The first-order valence-electron chi connectivity index (χ1n) is 7.58. The summed E-state index contributed by atoms with van der Waals surface area (Å²) in [6, 6.07) is 3.82. The van der Waals surface area contributed by atoms with Crippen LogP contribution in [0.15, 0.2) is 17.0 Å². The molecular formula is C16H28N2O2S. The molecule has 0 spiro atoms. The monoisotopic (exact) mass is 312 g/mol. The number of rotatable bonds is 7. The Hall–Kier alpha value is -1.07. The van der Waals surface area contributed by atoms with Gasteiger partial charge in [-0.3, -0.25) is 0 Å². The molecule has 1 aromatic rings. The topological polar surface area (TPSA) is 49.4 Å². The number of benzene rings is 1. The predicted octanol–water partition coefficient (Wildman–Crippen LogP) is 3.54. The highest BCUT2D eigenvalue weighted by Crippen LogP contribution is 2.28. The maximum Gasteiger partial charge on any atom is 0.243 e. The van der Waals surface area contributed by atoms with Crippen molar-refractivity contribution in [3.8, 4) is 0 Å². The Labute approximate surface area is 129 Å². The van der Waals surface area contributed by atoms with Crippen molar-refractivity contribution in [2.24, 2.45) is 0 Å². The van der Waals surface area contributed by atoms with E-state index in [1.54, 1.807) is 7.05 Å². The number of sulfonamides is 1. The first-order chi connectivity index (χ1) is 9.75. The third kappa shape index (κ3) is 3.98. The number of nitrogens with zero attached hydrogens (tertiary/aromatic N) is 1. The van der Waals surface area contributed by atoms with Gasteiger partial charge in [0.05, 0.1) is 4.90 Å². The minimum absolute atomic E-state index is 0.00671. The SMILES string of the molecule is CCCC(C)N(C)S(=O)(=O)c1c(C)cc(NCC)cc1C. The van der Waals surface area contributed by atoms with Gasteiger partial charge in [-0.05, 0) is 57.4 Å². The highest BCUT2D eigenvalue weighted by molar-refractivity contribution is 7.89. The summed E-state index contributed by atoms with van der Waals surface area (Å²) >= 11 is 0. The predicted molar refractivity (Wildman–Crippen MR) is 89.4 cm³/mol. The molecule has 0 saturated heterocycles. The molecule has 120 valence electrons. The van der Waals surface area contributed by atoms with Gasteiger partial charge in [-0.1, -0.05) is 13.3 Å². The number of anilines is 1. The Balaban J connectivity index is 3.26. The van der Waals surface area contributed by atoms with Crippen molar-refractivity contribution in [1.29, 1.82) is 0 Å². The standard InChI is InChI=1S/C16H28N2O2S/c1-7-9-14(5)18(6)21(19,20)16-12(3)10-15(17-8-2)11-13(16)4/h10-11,14,17H,7-9H2,1-6H3. The van der Waals surface area contributed by atoms with Crippen LogP contribution in [0.1, 0.15) is 44.7 Å². The molecule has 0 aliphatic heterocycles. The first kappa shape index (κ1) is 18.0. The van der Waals surface area contributed by atoms with Crippen LogP contribution in [0.4, 0.5) is 5.69 Å². The van der Waals surface area contributed by atoms with E-state index in [-0.39, 0.29) is 6.04 Å². The van der Waals surface area contributed by atoms with Crippen molar-refractivity contribution in [3.05, 3.63) is 23.3 Å². The minimum Gasteiger partial charge on any atom is -0.385 e. The van der Waals surface area contributed by atoms with Crippen LogP contribution >= 0.6 is 0 Å². The second-order valence-electron chi connectivity index (χ2n) is 5.63. The number of hydrogen-bond donors (Lipinski definition) is 1. The fourth-order valence-electron chi connectivity index (χ4n) is 2.64. The average Bonchev–Trinajstić information content (AvgIpc) is 2.37. The Morgan fingerprint density at radius 3 is 2.14 bits per heavy atom. The number of nitrogens with one attached hydrogen (secondary N) is 1. The van der Waals surface area contributed by atoms with Gasteiger partial charge in [-0.2, -0.15) is 4.31 Å². The van der Waals surface area contributed by atoms with Crippen LogP contribution in [0.5, 0.6) is 0 Å². The largest absolute Gasteiger partial charge is 0.385 e. The quantitative estimate of drug-likeness (QED) is 0.837. The van der Waals surface area contributed by atoms with Crippen LogP contribution in [-0.2, 0) is 10.0 Å². The second kappa shape index (κ2) is 7.27. The van der Waals surface area contributed by atoms with Gasteiger partial charge in [0.25, 0.3) is 0 Å². The van der Waals surface area contributed by atoms with Crippen LogP contribution < -0.4 is 5.32 Å². The van der Waals surface area contributed by atoms with Gasteiger partial charge in [0, 0.05) is 25.3 Å². The van der Waals surface area contributed by atoms with Crippen molar-refractivity contribution < 1.29 is 8.42 Å². The maximum atomic E-state index is 12.9. The number of aryl methyl sites for hydroxylation is 2.